The molecule has 2 aromatic rings. The largest absolute Gasteiger partial charge is 0.497 e. The van der Waals surface area contributed by atoms with Crippen LogP contribution in [0.4, 0.5) is 10.5 Å². The molecule has 0 spiro atoms. The number of ether oxygens (including phenoxy) is 2. The van der Waals surface area contributed by atoms with E-state index in [2.05, 4.69) is 10.6 Å². The third-order valence-electron chi connectivity index (χ3n) is 5.75. The minimum Gasteiger partial charge on any atom is -0.497 e. The van der Waals surface area contributed by atoms with Crippen LogP contribution in [0.3, 0.4) is 0 Å². The van der Waals surface area contributed by atoms with Gasteiger partial charge in [-0.15, -0.1) is 0 Å². The smallest absolute Gasteiger partial charge is 0.408 e. The Morgan fingerprint density at radius 2 is 1.58 bits per heavy atom. The average Bonchev–Trinajstić information content (AvgIpc) is 2.83. The van der Waals surface area contributed by atoms with Crippen molar-refractivity contribution in [3.63, 3.8) is 0 Å². The molecular formula is C30H43N3O5. The number of nitrogens with zero attached hydrogens (tertiary/aromatic N) is 1. The molecule has 0 heterocycles. The molecule has 2 atom stereocenters. The Bertz CT molecular complexity index is 1060. The standard InChI is InChI=1S/C30H43N3O5/c1-9-18-33(28(35)25(19-20(2)3)32-29(36)38-30(5,6)7)26(22-12-10-21(4)11-13-22)27(34)31-23-14-16-24(37-8)17-15-23/h10-17,20,25-26H,9,18-19H2,1-8H3,(H,31,34)(H,32,36). The Labute approximate surface area is 227 Å². The Balaban J connectivity index is 2.46. The number of benzene rings is 2. The van der Waals surface area contributed by atoms with E-state index in [0.29, 0.717) is 36.4 Å². The Morgan fingerprint density at radius 1 is 0.974 bits per heavy atom. The summed E-state index contributed by atoms with van der Waals surface area (Å²) in [6, 6.07) is 12.8. The fraction of sp³-hybridized carbons (Fsp3) is 0.500. The van der Waals surface area contributed by atoms with Crippen LogP contribution >= 0.6 is 0 Å². The summed E-state index contributed by atoms with van der Waals surface area (Å²) in [6.07, 6.45) is 0.367. The summed E-state index contributed by atoms with van der Waals surface area (Å²) in [5, 5.41) is 5.71. The summed E-state index contributed by atoms with van der Waals surface area (Å²) in [6.45, 7) is 13.5. The number of hydrogen-bond donors (Lipinski definition) is 2. The first-order valence-corrected chi connectivity index (χ1v) is 13.2. The maximum atomic E-state index is 14.1. The SMILES string of the molecule is CCCN(C(=O)C(CC(C)C)NC(=O)OC(C)(C)C)C(C(=O)Nc1ccc(OC)cc1)c1ccc(C)cc1. The van der Waals surface area contributed by atoms with E-state index >= 15 is 0 Å². The van der Waals surface area contributed by atoms with Gasteiger partial charge in [-0.1, -0.05) is 50.6 Å². The van der Waals surface area contributed by atoms with E-state index in [9.17, 15) is 14.4 Å². The van der Waals surface area contributed by atoms with Gasteiger partial charge in [0.2, 0.25) is 5.91 Å². The molecule has 0 aliphatic heterocycles. The number of nitrogens with one attached hydrogen (secondary N) is 2. The lowest BCUT2D eigenvalue weighted by molar-refractivity contribution is -0.141. The molecule has 8 nitrogen and oxygen atoms in total. The van der Waals surface area contributed by atoms with Crippen molar-refractivity contribution in [2.24, 2.45) is 5.92 Å². The monoisotopic (exact) mass is 525 g/mol. The number of carbonyl (C=O) groups is 3. The zero-order valence-electron chi connectivity index (χ0n) is 24.0. The van der Waals surface area contributed by atoms with E-state index in [1.165, 1.54) is 0 Å². The normalized spacial score (nSPS) is 12.9. The van der Waals surface area contributed by atoms with Gasteiger partial charge in [-0.3, -0.25) is 9.59 Å². The summed E-state index contributed by atoms with van der Waals surface area (Å²) in [4.78, 5) is 42.0. The predicted molar refractivity (Wildman–Crippen MR) is 150 cm³/mol. The predicted octanol–water partition coefficient (Wildman–Crippen LogP) is 5.86. The number of amides is 3. The van der Waals surface area contributed by atoms with Crippen molar-refractivity contribution in [2.45, 2.75) is 79.0 Å². The van der Waals surface area contributed by atoms with Gasteiger partial charge in [0.1, 0.15) is 23.4 Å². The van der Waals surface area contributed by atoms with Gasteiger partial charge in [-0.25, -0.2) is 4.79 Å². The number of rotatable bonds is 11. The molecule has 2 N–H and O–H groups in total. The number of carbonyl (C=O) groups excluding carboxylic acids is 3. The lowest BCUT2D eigenvalue weighted by Crippen LogP contribution is -2.53. The lowest BCUT2D eigenvalue weighted by atomic mass is 9.98. The molecule has 0 aromatic heterocycles. The van der Waals surface area contributed by atoms with Gasteiger partial charge in [0.15, 0.2) is 0 Å². The van der Waals surface area contributed by atoms with E-state index in [0.717, 1.165) is 5.56 Å². The van der Waals surface area contributed by atoms with Crippen LogP contribution in [0.2, 0.25) is 0 Å². The Morgan fingerprint density at radius 3 is 2.08 bits per heavy atom. The summed E-state index contributed by atoms with van der Waals surface area (Å²) >= 11 is 0. The van der Waals surface area contributed by atoms with Crippen molar-refractivity contribution in [1.82, 2.24) is 10.2 Å². The van der Waals surface area contributed by atoms with Gasteiger partial charge >= 0.3 is 6.09 Å². The van der Waals surface area contributed by atoms with Crippen LogP contribution in [0.5, 0.6) is 5.75 Å². The number of anilines is 1. The van der Waals surface area contributed by atoms with Gasteiger partial charge in [-0.05, 0) is 76.3 Å². The van der Waals surface area contributed by atoms with Gasteiger partial charge in [-0.2, -0.15) is 0 Å². The summed E-state index contributed by atoms with van der Waals surface area (Å²) in [5.74, 6) is 0.113. The molecule has 0 saturated carbocycles. The minimum absolute atomic E-state index is 0.119. The van der Waals surface area contributed by atoms with E-state index in [-0.39, 0.29) is 17.7 Å². The molecule has 0 saturated heterocycles. The molecule has 0 aliphatic rings. The van der Waals surface area contributed by atoms with Gasteiger partial charge < -0.3 is 25.0 Å². The first-order chi connectivity index (χ1) is 17.8. The fourth-order valence-corrected chi connectivity index (χ4v) is 4.06. The molecule has 0 fully saturated rings. The number of hydrogen-bond acceptors (Lipinski definition) is 5. The third-order valence-corrected chi connectivity index (χ3v) is 5.75. The molecule has 3 amide bonds. The van der Waals surface area contributed by atoms with Gasteiger partial charge in [0, 0.05) is 12.2 Å². The molecule has 2 aromatic carbocycles. The molecule has 0 radical (unpaired) electrons. The van der Waals surface area contributed by atoms with Crippen LogP contribution in [0.15, 0.2) is 48.5 Å². The number of alkyl carbamates (subject to hydrolysis) is 1. The maximum Gasteiger partial charge on any atom is 0.408 e. The quantitative estimate of drug-likeness (QED) is 0.383. The lowest BCUT2D eigenvalue weighted by Gasteiger charge is -2.35. The number of methoxy groups -OCH3 is 1. The Hall–Kier alpha value is -3.55. The van der Waals surface area contributed by atoms with Gasteiger partial charge in [0.05, 0.1) is 7.11 Å². The molecule has 38 heavy (non-hydrogen) atoms. The van der Waals surface area contributed by atoms with Crippen molar-refractivity contribution in [1.29, 1.82) is 0 Å². The highest BCUT2D eigenvalue weighted by Crippen LogP contribution is 2.27. The van der Waals surface area contributed by atoms with Crippen LogP contribution in [0.25, 0.3) is 0 Å². The summed E-state index contributed by atoms with van der Waals surface area (Å²) in [5.41, 5.74) is 1.61. The van der Waals surface area contributed by atoms with E-state index < -0.39 is 23.8 Å². The van der Waals surface area contributed by atoms with Gasteiger partial charge in [0.25, 0.3) is 5.91 Å². The summed E-state index contributed by atoms with van der Waals surface area (Å²) < 4.78 is 10.6. The van der Waals surface area contributed by atoms with Crippen LogP contribution in [-0.4, -0.2) is 48.1 Å². The van der Waals surface area contributed by atoms with Crippen molar-refractivity contribution < 1.29 is 23.9 Å². The first kappa shape index (κ1) is 30.7. The molecule has 0 bridgehead atoms. The molecular weight excluding hydrogens is 482 g/mol. The fourth-order valence-electron chi connectivity index (χ4n) is 4.06. The van der Waals surface area contributed by atoms with Crippen molar-refractivity contribution in [3.05, 3.63) is 59.7 Å². The van der Waals surface area contributed by atoms with E-state index in [1.807, 2.05) is 52.0 Å². The summed E-state index contributed by atoms with van der Waals surface area (Å²) in [7, 11) is 1.58. The Kier molecular flexibility index (Phi) is 11.2. The van der Waals surface area contributed by atoms with Crippen molar-refractivity contribution in [2.75, 3.05) is 19.0 Å². The molecule has 208 valence electrons. The number of aryl methyl sites for hydroxylation is 1. The molecule has 8 heteroatoms. The van der Waals surface area contributed by atoms with E-state index in [4.69, 9.17) is 9.47 Å². The highest BCUT2D eigenvalue weighted by molar-refractivity contribution is 5.99. The molecule has 0 aliphatic carbocycles. The topological polar surface area (TPSA) is 97.0 Å². The van der Waals surface area contributed by atoms with Crippen molar-refractivity contribution >= 4 is 23.6 Å². The molecule has 2 rings (SSSR count). The zero-order valence-corrected chi connectivity index (χ0v) is 24.0. The zero-order chi connectivity index (χ0) is 28.5. The van der Waals surface area contributed by atoms with Crippen molar-refractivity contribution in [3.8, 4) is 5.75 Å². The molecule has 2 unspecified atom stereocenters. The maximum absolute atomic E-state index is 14.1. The highest BCUT2D eigenvalue weighted by Gasteiger charge is 2.36. The minimum atomic E-state index is -0.903. The highest BCUT2D eigenvalue weighted by atomic mass is 16.6. The average molecular weight is 526 g/mol. The second kappa shape index (κ2) is 13.8. The second-order valence-electron chi connectivity index (χ2n) is 10.9. The van der Waals surface area contributed by atoms with Crippen LogP contribution < -0.4 is 15.4 Å². The van der Waals surface area contributed by atoms with Crippen LogP contribution in [-0.2, 0) is 14.3 Å². The second-order valence-corrected chi connectivity index (χ2v) is 10.9. The first-order valence-electron chi connectivity index (χ1n) is 13.2. The van der Waals surface area contributed by atoms with Crippen LogP contribution in [0, 0.1) is 12.8 Å². The van der Waals surface area contributed by atoms with E-state index in [1.54, 1.807) is 57.0 Å². The van der Waals surface area contributed by atoms with Crippen LogP contribution in [0.1, 0.15) is 71.6 Å². The third kappa shape index (κ3) is 9.39.